The highest BCUT2D eigenvalue weighted by Gasteiger charge is 2.23. The van der Waals surface area contributed by atoms with Crippen LogP contribution in [0.4, 0.5) is 11.9 Å². The van der Waals surface area contributed by atoms with Gasteiger partial charge in [-0.05, 0) is 13.8 Å². The molecule has 0 aliphatic heterocycles. The Hall–Kier alpha value is -3.31. The third kappa shape index (κ3) is 10.0. The molecule has 2 N–H and O–H groups in total. The molecule has 1 unspecified atom stereocenters. The fourth-order valence-electron chi connectivity index (χ4n) is 3.38. The summed E-state index contributed by atoms with van der Waals surface area (Å²) in [6, 6.07) is 0.307. The molecule has 0 fully saturated rings. The third-order valence-electron chi connectivity index (χ3n) is 5.39. The smallest absolute Gasteiger partial charge is 0.261 e. The topological polar surface area (TPSA) is 93.8 Å². The summed E-state index contributed by atoms with van der Waals surface area (Å²) in [7, 11) is -1.76. The van der Waals surface area contributed by atoms with Crippen LogP contribution in [0.2, 0.25) is 58.9 Å². The van der Waals surface area contributed by atoms with Crippen molar-refractivity contribution in [2.45, 2.75) is 84.9 Å². The molecule has 214 valence electrons. The maximum Gasteiger partial charge on any atom is 0.261 e. The van der Waals surface area contributed by atoms with Crippen LogP contribution in [-0.4, -0.2) is 49.4 Å². The van der Waals surface area contributed by atoms with Gasteiger partial charge in [0, 0.05) is 25.9 Å². The summed E-state index contributed by atoms with van der Waals surface area (Å²) in [5.41, 5.74) is 11.2. The molecule has 40 heavy (non-hydrogen) atoms. The molecule has 0 spiro atoms. The van der Waals surface area contributed by atoms with Gasteiger partial charge in [-0.2, -0.15) is 0 Å². The molecular weight excluding hydrogens is 549 g/mol. The SMILES string of the molecule is Cc1cc(=O)n(C)c(NC(C#C[Si](C)(C)C)c2c(C)nc(NC(C#C[Si](C)(C)C)C#C[Si](C)(C)C)n(C)c2=O)n1. The second-order valence-electron chi connectivity index (χ2n) is 13.1. The minimum Gasteiger partial charge on any atom is -0.338 e. The molecule has 11 heteroatoms. The Bertz CT molecular complexity index is 1540. The van der Waals surface area contributed by atoms with Crippen molar-refractivity contribution in [3.8, 4) is 34.4 Å². The van der Waals surface area contributed by atoms with Crippen molar-refractivity contribution in [3.63, 3.8) is 0 Å². The summed E-state index contributed by atoms with van der Waals surface area (Å²) in [6.07, 6.45) is 0. The Kier molecular flexibility index (Phi) is 10.3. The Balaban J connectivity index is 2.67. The van der Waals surface area contributed by atoms with Crippen LogP contribution in [0.5, 0.6) is 0 Å². The van der Waals surface area contributed by atoms with Crippen LogP contribution in [-0.2, 0) is 14.1 Å². The molecule has 8 nitrogen and oxygen atoms in total. The van der Waals surface area contributed by atoms with Gasteiger partial charge < -0.3 is 10.6 Å². The average molecular weight is 593 g/mol. The lowest BCUT2D eigenvalue weighted by Gasteiger charge is -2.21. The highest BCUT2D eigenvalue weighted by molar-refractivity contribution is 6.84. The summed E-state index contributed by atoms with van der Waals surface area (Å²) >= 11 is 0. The predicted molar refractivity (Wildman–Crippen MR) is 176 cm³/mol. The van der Waals surface area contributed by atoms with Gasteiger partial charge in [-0.25, -0.2) is 9.97 Å². The number of aromatic nitrogens is 4. The zero-order valence-electron chi connectivity index (χ0n) is 26.3. The fraction of sp³-hybridized carbons (Fsp3) is 0.517. The van der Waals surface area contributed by atoms with E-state index in [4.69, 9.17) is 4.98 Å². The third-order valence-corrected chi connectivity index (χ3v) is 8.07. The van der Waals surface area contributed by atoms with E-state index in [1.54, 1.807) is 27.9 Å². The lowest BCUT2D eigenvalue weighted by atomic mass is 10.1. The second kappa shape index (κ2) is 12.5. The van der Waals surface area contributed by atoms with Gasteiger partial charge in [0.25, 0.3) is 11.1 Å². The van der Waals surface area contributed by atoms with E-state index in [9.17, 15) is 9.59 Å². The number of hydrogen-bond acceptors (Lipinski definition) is 6. The molecule has 2 heterocycles. The van der Waals surface area contributed by atoms with Gasteiger partial charge in [0.05, 0.1) is 11.3 Å². The molecule has 0 aromatic carbocycles. The van der Waals surface area contributed by atoms with Crippen molar-refractivity contribution in [2.24, 2.45) is 14.1 Å². The number of aryl methyl sites for hydroxylation is 2. The summed E-state index contributed by atoms with van der Waals surface area (Å²) in [4.78, 5) is 35.5. The van der Waals surface area contributed by atoms with E-state index >= 15 is 0 Å². The van der Waals surface area contributed by atoms with Gasteiger partial charge in [-0.15, -0.1) is 16.6 Å². The van der Waals surface area contributed by atoms with E-state index in [1.165, 1.54) is 15.2 Å². The quantitative estimate of drug-likeness (QED) is 0.402. The number of nitrogens with zero attached hydrogens (tertiary/aromatic N) is 4. The van der Waals surface area contributed by atoms with Gasteiger partial charge in [-0.3, -0.25) is 18.7 Å². The lowest BCUT2D eigenvalue weighted by Crippen LogP contribution is -2.33. The first kappa shape index (κ1) is 32.9. The van der Waals surface area contributed by atoms with Crippen LogP contribution in [0.1, 0.15) is 23.0 Å². The molecule has 1 atom stereocenters. The highest BCUT2D eigenvalue weighted by Crippen LogP contribution is 2.19. The van der Waals surface area contributed by atoms with E-state index in [0.717, 1.165) is 0 Å². The number of nitrogens with one attached hydrogen (secondary N) is 2. The van der Waals surface area contributed by atoms with E-state index in [-0.39, 0.29) is 11.1 Å². The molecule has 0 saturated carbocycles. The summed E-state index contributed by atoms with van der Waals surface area (Å²) in [5, 5.41) is 6.56. The van der Waals surface area contributed by atoms with Crippen molar-refractivity contribution in [1.82, 2.24) is 19.1 Å². The first-order chi connectivity index (χ1) is 18.2. The largest absolute Gasteiger partial charge is 0.338 e. The van der Waals surface area contributed by atoms with E-state index < -0.39 is 36.3 Å². The van der Waals surface area contributed by atoms with Crippen LogP contribution >= 0.6 is 0 Å². The first-order valence-corrected chi connectivity index (χ1v) is 23.9. The van der Waals surface area contributed by atoms with E-state index in [0.29, 0.717) is 28.8 Å². The molecular formula is C29H44N6O2Si3. The normalized spacial score (nSPS) is 12.3. The Labute approximate surface area is 242 Å². The second-order valence-corrected chi connectivity index (χ2v) is 27.4. The van der Waals surface area contributed by atoms with Crippen LogP contribution in [0.15, 0.2) is 15.7 Å². The minimum absolute atomic E-state index is 0.195. The molecule has 0 amide bonds. The molecule has 2 aromatic rings. The molecule has 0 bridgehead atoms. The zero-order chi connectivity index (χ0) is 30.6. The Morgan fingerprint density at radius 3 is 1.70 bits per heavy atom. The fourth-order valence-corrected chi connectivity index (χ4v) is 5.12. The van der Waals surface area contributed by atoms with Crippen molar-refractivity contribution in [2.75, 3.05) is 10.6 Å². The number of anilines is 2. The summed E-state index contributed by atoms with van der Waals surface area (Å²) in [5.74, 6) is 10.6. The number of rotatable bonds is 5. The van der Waals surface area contributed by atoms with Crippen molar-refractivity contribution in [1.29, 1.82) is 0 Å². The van der Waals surface area contributed by atoms with Gasteiger partial charge in [-0.1, -0.05) is 76.7 Å². The number of hydrogen-bond donors (Lipinski definition) is 2. The molecule has 2 rings (SSSR count). The van der Waals surface area contributed by atoms with Crippen LogP contribution < -0.4 is 21.8 Å². The van der Waals surface area contributed by atoms with Crippen molar-refractivity contribution in [3.05, 3.63) is 43.7 Å². The maximum atomic E-state index is 13.8. The minimum atomic E-state index is -1.79. The first-order valence-electron chi connectivity index (χ1n) is 13.4. The molecule has 0 radical (unpaired) electrons. The molecule has 0 aliphatic carbocycles. The van der Waals surface area contributed by atoms with E-state index in [2.05, 4.69) is 109 Å². The molecule has 2 aromatic heterocycles. The predicted octanol–water partition coefficient (Wildman–Crippen LogP) is 4.07. The summed E-state index contributed by atoms with van der Waals surface area (Å²) in [6.45, 7) is 23.1. The highest BCUT2D eigenvalue weighted by atomic mass is 28.3. The maximum absolute atomic E-state index is 13.8. The lowest BCUT2D eigenvalue weighted by molar-refractivity contribution is 0.758. The monoisotopic (exact) mass is 592 g/mol. The van der Waals surface area contributed by atoms with Crippen molar-refractivity contribution >= 4 is 36.1 Å². The average Bonchev–Trinajstić information content (AvgIpc) is 2.78. The van der Waals surface area contributed by atoms with E-state index in [1.807, 2.05) is 0 Å². The van der Waals surface area contributed by atoms with Gasteiger partial charge in [0.15, 0.2) is 6.04 Å². The van der Waals surface area contributed by atoms with Crippen LogP contribution in [0, 0.1) is 48.2 Å². The van der Waals surface area contributed by atoms with Gasteiger partial charge in [0.2, 0.25) is 11.9 Å². The Morgan fingerprint density at radius 2 is 1.20 bits per heavy atom. The standard InChI is InChI=1S/C29H44N6O2Si3/c1-21-20-25(36)34(3)28(30-21)33-24(16-19-40(11,12)13)26-22(2)31-29(35(4)27(26)37)32-23(14-17-38(5,6)7)15-18-39(8,9)10/h20,23-24H,1-13H3,(H,30,33)(H,31,32). The molecule has 0 aliphatic rings. The van der Waals surface area contributed by atoms with Gasteiger partial charge >= 0.3 is 0 Å². The van der Waals surface area contributed by atoms with Crippen LogP contribution in [0.25, 0.3) is 0 Å². The van der Waals surface area contributed by atoms with Crippen molar-refractivity contribution < 1.29 is 0 Å². The molecule has 0 saturated heterocycles. The Morgan fingerprint density at radius 1 is 0.725 bits per heavy atom. The van der Waals surface area contributed by atoms with Crippen LogP contribution in [0.3, 0.4) is 0 Å². The zero-order valence-corrected chi connectivity index (χ0v) is 29.3. The van der Waals surface area contributed by atoms with Gasteiger partial charge in [0.1, 0.15) is 30.3 Å². The summed E-state index contributed by atoms with van der Waals surface area (Å²) < 4.78 is 2.90.